The van der Waals surface area contributed by atoms with Crippen molar-refractivity contribution >= 4 is 27.5 Å². The second-order valence-corrected chi connectivity index (χ2v) is 7.93. The van der Waals surface area contributed by atoms with Gasteiger partial charge in [0.1, 0.15) is 10.2 Å². The molecule has 28 heavy (non-hydrogen) atoms. The topological polar surface area (TPSA) is 76.9 Å². The molecule has 2 heterocycles. The standard InChI is InChI=1S/C21H26N4O2S/c1-3-5-6-15(4-2)13-22-20(26)17-9-7-16(8-10-17)14-25-21(27)19-18(23-24-25)11-12-28-19/h7-12,15H,3-6,13-14H2,1-2H3,(H,22,26). The molecule has 3 rings (SSSR count). The van der Waals surface area contributed by atoms with Gasteiger partial charge in [0.25, 0.3) is 11.5 Å². The molecule has 148 valence electrons. The predicted molar refractivity (Wildman–Crippen MR) is 113 cm³/mol. The maximum Gasteiger partial charge on any atom is 0.288 e. The molecule has 0 aliphatic heterocycles. The van der Waals surface area contributed by atoms with Gasteiger partial charge < -0.3 is 5.32 Å². The molecule has 3 aromatic rings. The van der Waals surface area contributed by atoms with Crippen LogP contribution in [-0.4, -0.2) is 27.4 Å². The van der Waals surface area contributed by atoms with Crippen LogP contribution < -0.4 is 10.9 Å². The van der Waals surface area contributed by atoms with Crippen LogP contribution in [0.5, 0.6) is 0 Å². The summed E-state index contributed by atoms with van der Waals surface area (Å²) in [4.78, 5) is 24.8. The summed E-state index contributed by atoms with van der Waals surface area (Å²) in [5.41, 5.74) is 2.02. The molecule has 1 unspecified atom stereocenters. The van der Waals surface area contributed by atoms with Crippen molar-refractivity contribution in [3.05, 3.63) is 57.2 Å². The zero-order valence-electron chi connectivity index (χ0n) is 16.4. The highest BCUT2D eigenvalue weighted by Crippen LogP contribution is 2.14. The normalized spacial score (nSPS) is 12.2. The maximum atomic E-state index is 12.4. The molecule has 0 bridgehead atoms. The van der Waals surface area contributed by atoms with Crippen LogP contribution in [0.2, 0.25) is 0 Å². The number of carbonyl (C=O) groups excluding carboxylic acids is 1. The number of hydrogen-bond donors (Lipinski definition) is 1. The van der Waals surface area contributed by atoms with E-state index >= 15 is 0 Å². The molecule has 7 heteroatoms. The monoisotopic (exact) mass is 398 g/mol. The average molecular weight is 399 g/mol. The summed E-state index contributed by atoms with van der Waals surface area (Å²) in [7, 11) is 0. The SMILES string of the molecule is CCCCC(CC)CNC(=O)c1ccc(Cn2nnc3ccsc3c2=O)cc1. The number of nitrogens with zero attached hydrogens (tertiary/aromatic N) is 3. The van der Waals surface area contributed by atoms with E-state index in [0.717, 1.165) is 18.4 Å². The molecule has 0 saturated heterocycles. The Morgan fingerprint density at radius 2 is 2.00 bits per heavy atom. The van der Waals surface area contributed by atoms with Gasteiger partial charge in [-0.2, -0.15) is 0 Å². The zero-order valence-corrected chi connectivity index (χ0v) is 17.2. The number of amides is 1. The average Bonchev–Trinajstić information content (AvgIpc) is 3.20. The number of unbranched alkanes of at least 4 members (excludes halogenated alkanes) is 1. The quantitative estimate of drug-likeness (QED) is 0.594. The van der Waals surface area contributed by atoms with Gasteiger partial charge in [-0.3, -0.25) is 9.59 Å². The van der Waals surface area contributed by atoms with Crippen molar-refractivity contribution in [2.45, 2.75) is 46.1 Å². The van der Waals surface area contributed by atoms with Gasteiger partial charge in [-0.25, -0.2) is 4.68 Å². The second-order valence-electron chi connectivity index (χ2n) is 7.01. The minimum Gasteiger partial charge on any atom is -0.352 e. The highest BCUT2D eigenvalue weighted by atomic mass is 32.1. The Labute approximate surface area is 168 Å². The van der Waals surface area contributed by atoms with Crippen LogP contribution in [0.4, 0.5) is 0 Å². The summed E-state index contributed by atoms with van der Waals surface area (Å²) < 4.78 is 1.97. The summed E-state index contributed by atoms with van der Waals surface area (Å²) >= 11 is 1.37. The molecule has 1 atom stereocenters. The molecule has 0 aliphatic carbocycles. The van der Waals surface area contributed by atoms with Crippen LogP contribution in [0.3, 0.4) is 0 Å². The van der Waals surface area contributed by atoms with E-state index < -0.39 is 0 Å². The Hall–Kier alpha value is -2.54. The number of nitrogens with one attached hydrogen (secondary N) is 1. The van der Waals surface area contributed by atoms with E-state index in [-0.39, 0.29) is 11.5 Å². The highest BCUT2D eigenvalue weighted by molar-refractivity contribution is 7.17. The summed E-state index contributed by atoms with van der Waals surface area (Å²) in [5.74, 6) is 0.472. The maximum absolute atomic E-state index is 12.4. The number of aromatic nitrogens is 3. The third-order valence-electron chi connectivity index (χ3n) is 4.98. The van der Waals surface area contributed by atoms with E-state index in [2.05, 4.69) is 29.5 Å². The molecule has 1 amide bonds. The Morgan fingerprint density at radius 1 is 1.21 bits per heavy atom. The minimum atomic E-state index is -0.139. The fourth-order valence-corrected chi connectivity index (χ4v) is 3.89. The third kappa shape index (κ3) is 4.84. The molecular formula is C21H26N4O2S. The molecule has 2 aromatic heterocycles. The molecular weight excluding hydrogens is 372 g/mol. The highest BCUT2D eigenvalue weighted by Gasteiger charge is 2.11. The fraction of sp³-hybridized carbons (Fsp3) is 0.429. The van der Waals surface area contributed by atoms with Gasteiger partial charge in [0, 0.05) is 12.1 Å². The largest absolute Gasteiger partial charge is 0.352 e. The number of rotatable bonds is 9. The van der Waals surface area contributed by atoms with E-state index in [9.17, 15) is 9.59 Å². The number of carbonyl (C=O) groups is 1. The first-order valence-corrected chi connectivity index (χ1v) is 10.7. The van der Waals surface area contributed by atoms with E-state index in [1.807, 2.05) is 17.5 Å². The van der Waals surface area contributed by atoms with E-state index in [1.165, 1.54) is 28.9 Å². The zero-order chi connectivity index (χ0) is 19.9. The summed E-state index contributed by atoms with van der Waals surface area (Å²) in [5, 5.41) is 12.9. The predicted octanol–water partition coefficient (Wildman–Crippen LogP) is 3.85. The number of benzene rings is 1. The first-order chi connectivity index (χ1) is 13.6. The Bertz CT molecular complexity index is 978. The van der Waals surface area contributed by atoms with Crippen molar-refractivity contribution in [1.29, 1.82) is 0 Å². The van der Waals surface area contributed by atoms with Crippen LogP contribution in [0.25, 0.3) is 10.2 Å². The summed E-state index contributed by atoms with van der Waals surface area (Å²) in [6.07, 6.45) is 4.60. The van der Waals surface area contributed by atoms with Crippen LogP contribution in [0.1, 0.15) is 55.5 Å². The minimum absolute atomic E-state index is 0.0570. The summed E-state index contributed by atoms with van der Waals surface area (Å²) in [6.45, 7) is 5.39. The lowest BCUT2D eigenvalue weighted by atomic mass is 9.99. The summed E-state index contributed by atoms with van der Waals surface area (Å²) in [6, 6.07) is 9.09. The lowest BCUT2D eigenvalue weighted by Crippen LogP contribution is -2.29. The Balaban J connectivity index is 1.61. The van der Waals surface area contributed by atoms with E-state index in [4.69, 9.17) is 0 Å². The fourth-order valence-electron chi connectivity index (χ4n) is 3.12. The molecule has 1 N–H and O–H groups in total. The first-order valence-electron chi connectivity index (χ1n) is 9.80. The van der Waals surface area contributed by atoms with Gasteiger partial charge in [-0.1, -0.05) is 50.5 Å². The second kappa shape index (κ2) is 9.59. The van der Waals surface area contributed by atoms with Crippen molar-refractivity contribution in [2.24, 2.45) is 5.92 Å². The molecule has 0 saturated carbocycles. The van der Waals surface area contributed by atoms with Crippen LogP contribution >= 0.6 is 11.3 Å². The Kier molecular flexibility index (Phi) is 6.92. The molecule has 0 spiro atoms. The third-order valence-corrected chi connectivity index (χ3v) is 5.87. The lowest BCUT2D eigenvalue weighted by molar-refractivity contribution is 0.0946. The number of fused-ring (bicyclic) bond motifs is 1. The van der Waals surface area contributed by atoms with Crippen molar-refractivity contribution in [1.82, 2.24) is 20.3 Å². The molecule has 0 fully saturated rings. The van der Waals surface area contributed by atoms with Crippen LogP contribution in [0, 0.1) is 5.92 Å². The van der Waals surface area contributed by atoms with Gasteiger partial charge >= 0.3 is 0 Å². The van der Waals surface area contributed by atoms with Crippen molar-refractivity contribution in [3.8, 4) is 0 Å². The molecule has 0 radical (unpaired) electrons. The Morgan fingerprint density at radius 3 is 2.71 bits per heavy atom. The molecule has 0 aliphatic rings. The van der Waals surface area contributed by atoms with Crippen molar-refractivity contribution in [2.75, 3.05) is 6.54 Å². The molecule has 1 aromatic carbocycles. The van der Waals surface area contributed by atoms with Gasteiger partial charge in [-0.05, 0) is 41.5 Å². The number of hydrogen-bond acceptors (Lipinski definition) is 5. The van der Waals surface area contributed by atoms with Crippen molar-refractivity contribution in [3.63, 3.8) is 0 Å². The van der Waals surface area contributed by atoms with Crippen molar-refractivity contribution < 1.29 is 4.79 Å². The van der Waals surface area contributed by atoms with Crippen LogP contribution in [0.15, 0.2) is 40.5 Å². The first kappa shape index (κ1) is 20.2. The lowest BCUT2D eigenvalue weighted by Gasteiger charge is -2.15. The van der Waals surface area contributed by atoms with E-state index in [1.54, 1.807) is 18.2 Å². The number of thiophene rings is 1. The van der Waals surface area contributed by atoms with Gasteiger partial charge in [0.05, 0.1) is 6.54 Å². The van der Waals surface area contributed by atoms with Gasteiger partial charge in [-0.15, -0.1) is 16.4 Å². The van der Waals surface area contributed by atoms with Gasteiger partial charge in [0.2, 0.25) is 0 Å². The van der Waals surface area contributed by atoms with Crippen LogP contribution in [-0.2, 0) is 6.54 Å². The van der Waals surface area contributed by atoms with E-state index in [0.29, 0.717) is 34.8 Å². The molecule has 6 nitrogen and oxygen atoms in total. The van der Waals surface area contributed by atoms with Gasteiger partial charge in [0.15, 0.2) is 0 Å². The smallest absolute Gasteiger partial charge is 0.288 e.